The topological polar surface area (TPSA) is 34.1 Å². The van der Waals surface area contributed by atoms with Gasteiger partial charge in [0, 0.05) is 19.3 Å². The largest absolute Gasteiger partial charge is 0.300 e. The Morgan fingerprint density at radius 2 is 1.95 bits per heavy atom. The molecule has 0 heterocycles. The Morgan fingerprint density at radius 3 is 2.80 bits per heavy atom. The van der Waals surface area contributed by atoms with E-state index in [4.69, 9.17) is 0 Å². The van der Waals surface area contributed by atoms with Crippen molar-refractivity contribution in [3.05, 3.63) is 11.6 Å². The Balaban J connectivity index is 1.64. The van der Waals surface area contributed by atoms with Gasteiger partial charge in [0.1, 0.15) is 5.78 Å². The molecule has 0 saturated heterocycles. The van der Waals surface area contributed by atoms with Gasteiger partial charge in [-0.1, -0.05) is 12.5 Å². The first-order valence-electron chi connectivity index (χ1n) is 8.32. The zero-order valence-electron chi connectivity index (χ0n) is 12.4. The molecule has 0 radical (unpaired) electrons. The molecule has 0 aromatic carbocycles. The second-order valence-electron chi connectivity index (χ2n) is 7.92. The first kappa shape index (κ1) is 12.8. The van der Waals surface area contributed by atoms with Crippen LogP contribution in [-0.2, 0) is 9.59 Å². The van der Waals surface area contributed by atoms with Crippen molar-refractivity contribution in [3.8, 4) is 0 Å². The summed E-state index contributed by atoms with van der Waals surface area (Å²) in [4.78, 5) is 23.6. The number of carbonyl (C=O) groups excluding carboxylic acids is 2. The highest BCUT2D eigenvalue weighted by Gasteiger charge is 2.54. The van der Waals surface area contributed by atoms with E-state index in [-0.39, 0.29) is 0 Å². The van der Waals surface area contributed by atoms with E-state index in [9.17, 15) is 9.59 Å². The van der Waals surface area contributed by atoms with Crippen LogP contribution in [-0.4, -0.2) is 11.6 Å². The van der Waals surface area contributed by atoms with Crippen molar-refractivity contribution in [3.63, 3.8) is 0 Å². The highest BCUT2D eigenvalue weighted by molar-refractivity contribution is 5.91. The van der Waals surface area contributed by atoms with Crippen molar-refractivity contribution in [2.45, 2.75) is 58.3 Å². The maximum atomic E-state index is 12.0. The van der Waals surface area contributed by atoms with E-state index in [1.165, 1.54) is 24.8 Å². The van der Waals surface area contributed by atoms with Gasteiger partial charge in [-0.25, -0.2) is 0 Å². The number of allylic oxidation sites excluding steroid dienone is 1. The lowest BCUT2D eigenvalue weighted by atomic mass is 9.52. The third-order valence-electron chi connectivity index (χ3n) is 6.87. The molecule has 0 aromatic heterocycles. The lowest BCUT2D eigenvalue weighted by Gasteiger charge is -2.52. The van der Waals surface area contributed by atoms with E-state index in [1.54, 1.807) is 0 Å². The molecule has 5 atom stereocenters. The maximum Gasteiger partial charge on any atom is 0.155 e. The Kier molecular flexibility index (Phi) is 2.74. The summed E-state index contributed by atoms with van der Waals surface area (Å²) < 4.78 is 0. The van der Waals surface area contributed by atoms with Gasteiger partial charge in [-0.2, -0.15) is 0 Å². The molecule has 4 rings (SSSR count). The summed E-state index contributed by atoms with van der Waals surface area (Å²) in [5, 5.41) is 0. The van der Waals surface area contributed by atoms with Crippen LogP contribution in [0.5, 0.6) is 0 Å². The van der Waals surface area contributed by atoms with Crippen LogP contribution < -0.4 is 0 Å². The summed E-state index contributed by atoms with van der Waals surface area (Å²) in [6.45, 7) is 2.36. The molecule has 0 aromatic rings. The molecule has 2 nitrogen and oxygen atoms in total. The summed E-state index contributed by atoms with van der Waals surface area (Å²) in [7, 11) is 0. The van der Waals surface area contributed by atoms with Crippen molar-refractivity contribution in [2.75, 3.05) is 0 Å². The molecular formula is C18H24O2. The fraction of sp³-hybridized carbons (Fsp3) is 0.778. The number of hydrogen-bond acceptors (Lipinski definition) is 2. The summed E-state index contributed by atoms with van der Waals surface area (Å²) in [6.07, 6.45) is 10.3. The minimum absolute atomic E-state index is 0.296. The molecular weight excluding hydrogens is 248 g/mol. The number of Topliss-reactive ketones (excluding diaryl/α,β-unsaturated/α-hetero) is 1. The zero-order chi connectivity index (χ0) is 13.9. The zero-order valence-corrected chi connectivity index (χ0v) is 12.4. The molecule has 3 fully saturated rings. The molecule has 108 valence electrons. The van der Waals surface area contributed by atoms with Crippen molar-refractivity contribution in [1.82, 2.24) is 0 Å². The predicted molar refractivity (Wildman–Crippen MR) is 77.1 cm³/mol. The number of rotatable bonds is 0. The summed E-state index contributed by atoms with van der Waals surface area (Å²) in [6, 6.07) is 0. The first-order chi connectivity index (χ1) is 9.57. The van der Waals surface area contributed by atoms with Crippen LogP contribution in [0, 0.1) is 29.1 Å². The number of fused-ring (bicyclic) bond motifs is 5. The fourth-order valence-electron chi connectivity index (χ4n) is 5.96. The average Bonchev–Trinajstić information content (AvgIpc) is 2.72. The Morgan fingerprint density at radius 1 is 1.10 bits per heavy atom. The Hall–Kier alpha value is -0.920. The summed E-state index contributed by atoms with van der Waals surface area (Å²) in [5.41, 5.74) is 1.74. The van der Waals surface area contributed by atoms with E-state index in [2.05, 4.69) is 6.92 Å². The van der Waals surface area contributed by atoms with Crippen molar-refractivity contribution in [1.29, 1.82) is 0 Å². The molecule has 0 spiro atoms. The summed E-state index contributed by atoms with van der Waals surface area (Å²) in [5.74, 6) is 3.63. The van der Waals surface area contributed by atoms with Crippen LogP contribution in [0.3, 0.4) is 0 Å². The molecule has 4 aliphatic carbocycles. The normalized spacial score (nSPS) is 47.4. The van der Waals surface area contributed by atoms with Crippen LogP contribution in [0.15, 0.2) is 11.6 Å². The van der Waals surface area contributed by atoms with Crippen molar-refractivity contribution < 1.29 is 9.59 Å². The van der Waals surface area contributed by atoms with Crippen molar-refractivity contribution in [2.24, 2.45) is 29.1 Å². The van der Waals surface area contributed by atoms with E-state index in [0.29, 0.717) is 28.8 Å². The van der Waals surface area contributed by atoms with Gasteiger partial charge >= 0.3 is 0 Å². The minimum Gasteiger partial charge on any atom is -0.300 e. The van der Waals surface area contributed by atoms with Crippen molar-refractivity contribution >= 4 is 11.6 Å². The molecule has 0 N–H and O–H groups in total. The third kappa shape index (κ3) is 1.76. The molecule has 0 aliphatic heterocycles. The Labute approximate surface area is 121 Å². The van der Waals surface area contributed by atoms with Gasteiger partial charge in [0.15, 0.2) is 5.78 Å². The molecule has 20 heavy (non-hydrogen) atoms. The first-order valence-corrected chi connectivity index (χ1v) is 8.32. The predicted octanol–water partition coefficient (Wildman–Crippen LogP) is 3.70. The number of hydrogen-bond donors (Lipinski definition) is 0. The lowest BCUT2D eigenvalue weighted by molar-refractivity contribution is -0.118. The van der Waals surface area contributed by atoms with Gasteiger partial charge < -0.3 is 0 Å². The van der Waals surface area contributed by atoms with Gasteiger partial charge in [-0.3, -0.25) is 9.59 Å². The van der Waals surface area contributed by atoms with Gasteiger partial charge in [0.2, 0.25) is 0 Å². The molecule has 0 amide bonds. The molecule has 0 bridgehead atoms. The molecule has 2 heteroatoms. The van der Waals surface area contributed by atoms with Gasteiger partial charge in [-0.05, 0) is 67.3 Å². The average molecular weight is 272 g/mol. The van der Waals surface area contributed by atoms with Crippen LogP contribution in [0.1, 0.15) is 58.3 Å². The number of ketones is 2. The smallest absolute Gasteiger partial charge is 0.155 e. The third-order valence-corrected chi connectivity index (χ3v) is 6.87. The quantitative estimate of drug-likeness (QED) is 0.674. The molecule has 5 unspecified atom stereocenters. The highest BCUT2D eigenvalue weighted by Crippen LogP contribution is 2.60. The maximum absolute atomic E-state index is 12.0. The van der Waals surface area contributed by atoms with Gasteiger partial charge in [0.25, 0.3) is 0 Å². The van der Waals surface area contributed by atoms with Crippen LogP contribution in [0.2, 0.25) is 0 Å². The van der Waals surface area contributed by atoms with E-state index in [1.807, 2.05) is 6.08 Å². The molecule has 4 aliphatic rings. The van der Waals surface area contributed by atoms with Gasteiger partial charge in [-0.15, -0.1) is 0 Å². The second kappa shape index (κ2) is 4.29. The van der Waals surface area contributed by atoms with Crippen LogP contribution in [0.4, 0.5) is 0 Å². The standard InChI is InChI=1S/C18H24O2/c1-18-7-6-15-14-5-3-12(19)8-11(14)2-4-16(15)17(18)9-13(20)10-18/h8,14-17H,2-7,9-10H2,1H3. The van der Waals surface area contributed by atoms with Crippen LogP contribution in [0.25, 0.3) is 0 Å². The van der Waals surface area contributed by atoms with E-state index >= 15 is 0 Å². The Bertz CT molecular complexity index is 504. The van der Waals surface area contributed by atoms with E-state index in [0.717, 1.165) is 43.9 Å². The second-order valence-corrected chi connectivity index (χ2v) is 7.92. The minimum atomic E-state index is 0.296. The molecule has 3 saturated carbocycles. The fourth-order valence-corrected chi connectivity index (χ4v) is 5.96. The summed E-state index contributed by atoms with van der Waals surface area (Å²) >= 11 is 0. The monoisotopic (exact) mass is 272 g/mol. The number of carbonyl (C=O) groups is 2. The van der Waals surface area contributed by atoms with Gasteiger partial charge in [0.05, 0.1) is 0 Å². The van der Waals surface area contributed by atoms with E-state index < -0.39 is 0 Å². The SMILES string of the molecule is CC12CCC3C4CCC(=O)C=C4CCC3C1CC(=O)C2. The lowest BCUT2D eigenvalue weighted by Crippen LogP contribution is -2.44. The highest BCUT2D eigenvalue weighted by atomic mass is 16.1. The van der Waals surface area contributed by atoms with Crippen LogP contribution >= 0.6 is 0 Å².